The summed E-state index contributed by atoms with van der Waals surface area (Å²) in [6.07, 6.45) is 3.75. The van der Waals surface area contributed by atoms with Crippen molar-refractivity contribution < 1.29 is 0 Å². The van der Waals surface area contributed by atoms with E-state index in [9.17, 15) is 0 Å². The third kappa shape index (κ3) is 3.17. The summed E-state index contributed by atoms with van der Waals surface area (Å²) in [5, 5.41) is 12.2. The first kappa shape index (κ1) is 13.2. The Balaban J connectivity index is 2.14. The molecule has 5 heteroatoms. The van der Waals surface area contributed by atoms with E-state index >= 15 is 0 Å². The van der Waals surface area contributed by atoms with Crippen LogP contribution < -0.4 is 5.32 Å². The second-order valence-corrected chi connectivity index (χ2v) is 5.06. The van der Waals surface area contributed by atoms with Crippen molar-refractivity contribution in [3.05, 3.63) is 34.5 Å². The Hall–Kier alpha value is -1.20. The van der Waals surface area contributed by atoms with Gasteiger partial charge in [0.1, 0.15) is 12.2 Å². The molecule has 0 aromatic carbocycles. The minimum absolute atomic E-state index is 0.252. The largest absolute Gasteiger partial charge is 0.307 e. The summed E-state index contributed by atoms with van der Waals surface area (Å²) in [5.74, 6) is 1.04. The summed E-state index contributed by atoms with van der Waals surface area (Å²) < 4.78 is 1.97. The maximum atomic E-state index is 4.41. The number of aromatic nitrogens is 3. The topological polar surface area (TPSA) is 42.7 Å². The van der Waals surface area contributed by atoms with Crippen molar-refractivity contribution in [2.75, 3.05) is 6.54 Å². The molecule has 0 fully saturated rings. The van der Waals surface area contributed by atoms with Gasteiger partial charge in [-0.15, -0.1) is 0 Å². The number of nitrogens with zero attached hydrogens (tertiary/aromatic N) is 3. The molecular formula is C13H20N4S. The summed E-state index contributed by atoms with van der Waals surface area (Å²) in [5.41, 5.74) is 1.36. The molecule has 2 rings (SSSR count). The molecule has 0 bridgehead atoms. The zero-order valence-electron chi connectivity index (χ0n) is 11.0. The predicted molar refractivity (Wildman–Crippen MR) is 74.8 cm³/mol. The van der Waals surface area contributed by atoms with Crippen LogP contribution in [0.3, 0.4) is 0 Å². The molecule has 1 unspecified atom stereocenters. The Morgan fingerprint density at radius 1 is 1.44 bits per heavy atom. The van der Waals surface area contributed by atoms with Crippen molar-refractivity contribution in [3.8, 4) is 0 Å². The average Bonchev–Trinajstić information content (AvgIpc) is 3.04. The zero-order chi connectivity index (χ0) is 12.8. The minimum atomic E-state index is 0.252. The Morgan fingerprint density at radius 3 is 3.00 bits per heavy atom. The van der Waals surface area contributed by atoms with Crippen LogP contribution >= 0.6 is 11.3 Å². The fourth-order valence-corrected chi connectivity index (χ4v) is 2.69. The van der Waals surface area contributed by atoms with Crippen molar-refractivity contribution in [2.45, 2.75) is 39.3 Å². The average molecular weight is 264 g/mol. The van der Waals surface area contributed by atoms with Gasteiger partial charge in [0.15, 0.2) is 0 Å². The van der Waals surface area contributed by atoms with Gasteiger partial charge in [0, 0.05) is 6.54 Å². The van der Waals surface area contributed by atoms with Gasteiger partial charge in [-0.3, -0.25) is 0 Å². The monoisotopic (exact) mass is 264 g/mol. The minimum Gasteiger partial charge on any atom is -0.307 e. The molecule has 0 aliphatic carbocycles. The van der Waals surface area contributed by atoms with Crippen LogP contribution in [0.1, 0.15) is 37.7 Å². The van der Waals surface area contributed by atoms with Crippen LogP contribution in [0.2, 0.25) is 0 Å². The Morgan fingerprint density at radius 2 is 2.33 bits per heavy atom. The van der Waals surface area contributed by atoms with Gasteiger partial charge in [-0.05, 0) is 48.7 Å². The Kier molecular flexibility index (Phi) is 4.90. The van der Waals surface area contributed by atoms with E-state index in [1.807, 2.05) is 4.68 Å². The van der Waals surface area contributed by atoms with E-state index in [2.05, 4.69) is 46.1 Å². The molecule has 1 atom stereocenters. The summed E-state index contributed by atoms with van der Waals surface area (Å²) in [6, 6.07) is 2.43. The van der Waals surface area contributed by atoms with Crippen LogP contribution in [0.15, 0.2) is 23.2 Å². The lowest BCUT2D eigenvalue weighted by molar-refractivity contribution is 0.468. The van der Waals surface area contributed by atoms with E-state index < -0.39 is 0 Å². The summed E-state index contributed by atoms with van der Waals surface area (Å²) in [4.78, 5) is 4.41. The molecule has 0 aliphatic heterocycles. The molecule has 4 nitrogen and oxygen atoms in total. The van der Waals surface area contributed by atoms with Crippen LogP contribution in [0.4, 0.5) is 0 Å². The van der Waals surface area contributed by atoms with E-state index in [1.165, 1.54) is 5.56 Å². The predicted octanol–water partition coefficient (Wildman–Crippen LogP) is 2.64. The lowest BCUT2D eigenvalue weighted by Gasteiger charge is -2.17. The van der Waals surface area contributed by atoms with Gasteiger partial charge in [0.25, 0.3) is 0 Å². The van der Waals surface area contributed by atoms with E-state index in [4.69, 9.17) is 0 Å². The highest BCUT2D eigenvalue weighted by molar-refractivity contribution is 7.07. The Bertz CT molecular complexity index is 449. The van der Waals surface area contributed by atoms with Crippen molar-refractivity contribution in [1.82, 2.24) is 20.1 Å². The molecule has 2 heterocycles. The van der Waals surface area contributed by atoms with Crippen molar-refractivity contribution in [3.63, 3.8) is 0 Å². The number of nitrogens with one attached hydrogen (secondary N) is 1. The summed E-state index contributed by atoms with van der Waals surface area (Å²) in [7, 11) is 0. The van der Waals surface area contributed by atoms with Crippen molar-refractivity contribution in [1.29, 1.82) is 0 Å². The third-order valence-electron chi connectivity index (χ3n) is 2.92. The van der Waals surface area contributed by atoms with Crippen LogP contribution in [0, 0.1) is 0 Å². The number of hydrogen-bond donors (Lipinski definition) is 1. The van der Waals surface area contributed by atoms with E-state index in [0.717, 1.165) is 31.8 Å². The number of rotatable bonds is 7. The van der Waals surface area contributed by atoms with Gasteiger partial charge in [0.05, 0.1) is 6.04 Å². The van der Waals surface area contributed by atoms with Crippen molar-refractivity contribution >= 4 is 11.3 Å². The van der Waals surface area contributed by atoms with Gasteiger partial charge < -0.3 is 5.32 Å². The molecule has 0 amide bonds. The van der Waals surface area contributed by atoms with Crippen LogP contribution in [-0.2, 0) is 13.0 Å². The highest BCUT2D eigenvalue weighted by Gasteiger charge is 2.17. The van der Waals surface area contributed by atoms with E-state index in [0.29, 0.717) is 0 Å². The molecule has 0 radical (unpaired) electrons. The smallest absolute Gasteiger partial charge is 0.144 e. The molecule has 2 aromatic heterocycles. The first-order valence-corrected chi connectivity index (χ1v) is 7.41. The third-order valence-corrected chi connectivity index (χ3v) is 3.65. The van der Waals surface area contributed by atoms with Gasteiger partial charge in [-0.2, -0.15) is 16.4 Å². The second kappa shape index (κ2) is 6.66. The van der Waals surface area contributed by atoms with Crippen molar-refractivity contribution in [2.24, 2.45) is 0 Å². The van der Waals surface area contributed by atoms with Crippen LogP contribution in [-0.4, -0.2) is 21.3 Å². The molecule has 0 saturated heterocycles. The SMILES string of the molecule is CCCNC(Cc1ccsc1)c1ncnn1CC. The standard InChI is InChI=1S/C13H20N4S/c1-3-6-14-12(8-11-5-7-18-9-11)13-15-10-16-17(13)4-2/h5,7,9-10,12,14H,3-4,6,8H2,1-2H3. The number of hydrogen-bond acceptors (Lipinski definition) is 4. The first-order valence-electron chi connectivity index (χ1n) is 6.47. The highest BCUT2D eigenvalue weighted by atomic mass is 32.1. The second-order valence-electron chi connectivity index (χ2n) is 4.28. The van der Waals surface area contributed by atoms with E-state index in [-0.39, 0.29) is 6.04 Å². The van der Waals surface area contributed by atoms with Gasteiger partial charge in [0.2, 0.25) is 0 Å². The normalized spacial score (nSPS) is 12.8. The molecular weight excluding hydrogens is 244 g/mol. The fraction of sp³-hybridized carbons (Fsp3) is 0.538. The Labute approximate surface area is 112 Å². The molecule has 2 aromatic rings. The van der Waals surface area contributed by atoms with Crippen LogP contribution in [0.5, 0.6) is 0 Å². The lowest BCUT2D eigenvalue weighted by Crippen LogP contribution is -2.27. The maximum absolute atomic E-state index is 4.41. The molecule has 0 spiro atoms. The zero-order valence-corrected chi connectivity index (χ0v) is 11.8. The van der Waals surface area contributed by atoms with Gasteiger partial charge in [-0.25, -0.2) is 9.67 Å². The molecule has 0 saturated carbocycles. The fourth-order valence-electron chi connectivity index (χ4n) is 2.00. The molecule has 0 aliphatic rings. The molecule has 18 heavy (non-hydrogen) atoms. The number of aryl methyl sites for hydroxylation is 1. The lowest BCUT2D eigenvalue weighted by atomic mass is 10.1. The molecule has 98 valence electrons. The summed E-state index contributed by atoms with van der Waals surface area (Å²) in [6.45, 7) is 6.15. The van der Waals surface area contributed by atoms with Gasteiger partial charge in [-0.1, -0.05) is 6.92 Å². The van der Waals surface area contributed by atoms with Gasteiger partial charge >= 0.3 is 0 Å². The quantitative estimate of drug-likeness (QED) is 0.836. The maximum Gasteiger partial charge on any atom is 0.144 e. The first-order chi connectivity index (χ1) is 8.85. The van der Waals surface area contributed by atoms with E-state index in [1.54, 1.807) is 17.7 Å². The number of thiophene rings is 1. The summed E-state index contributed by atoms with van der Waals surface area (Å²) >= 11 is 1.74. The van der Waals surface area contributed by atoms with Crippen LogP contribution in [0.25, 0.3) is 0 Å². The highest BCUT2D eigenvalue weighted by Crippen LogP contribution is 2.18. The molecule has 1 N–H and O–H groups in total.